The number of hydrogen-bond donors (Lipinski definition) is 1. The molecule has 1 N–H and O–H groups in total. The molecule has 3 amide bonds. The molecular weight excluding hydrogens is 402 g/mol. The number of nitrogens with one attached hydrogen (secondary N) is 1. The summed E-state index contributed by atoms with van der Waals surface area (Å²) in [6, 6.07) is 16.0. The number of benzene rings is 2. The SMILES string of the molecule is COc1ccc(CN(CN2C(=O)NC(C)(c3ccc(C(C)(C)C)cc3)C2=O)C2CC2)cc1. The summed E-state index contributed by atoms with van der Waals surface area (Å²) in [6.07, 6.45) is 2.18. The molecule has 1 aliphatic carbocycles. The van der Waals surface area contributed by atoms with Gasteiger partial charge < -0.3 is 10.1 Å². The molecule has 1 aliphatic heterocycles. The van der Waals surface area contributed by atoms with Crippen molar-refractivity contribution < 1.29 is 14.3 Å². The van der Waals surface area contributed by atoms with Crippen molar-refractivity contribution in [3.63, 3.8) is 0 Å². The molecule has 6 nitrogen and oxygen atoms in total. The number of amides is 3. The van der Waals surface area contributed by atoms with E-state index in [0.29, 0.717) is 12.6 Å². The van der Waals surface area contributed by atoms with Crippen molar-refractivity contribution >= 4 is 11.9 Å². The van der Waals surface area contributed by atoms with Crippen molar-refractivity contribution in [2.75, 3.05) is 13.8 Å². The maximum Gasteiger partial charge on any atom is 0.326 e. The van der Waals surface area contributed by atoms with Gasteiger partial charge in [-0.2, -0.15) is 0 Å². The van der Waals surface area contributed by atoms with Crippen LogP contribution in [0.3, 0.4) is 0 Å². The Morgan fingerprint density at radius 3 is 2.22 bits per heavy atom. The van der Waals surface area contributed by atoms with E-state index in [-0.39, 0.29) is 24.0 Å². The number of ether oxygens (including phenoxy) is 1. The molecule has 170 valence electrons. The third-order valence-electron chi connectivity index (χ3n) is 6.53. The number of rotatable bonds is 7. The van der Waals surface area contributed by atoms with Gasteiger partial charge in [-0.3, -0.25) is 9.69 Å². The van der Waals surface area contributed by atoms with Gasteiger partial charge in [-0.15, -0.1) is 0 Å². The molecule has 2 aliphatic rings. The van der Waals surface area contributed by atoms with Crippen LogP contribution in [0.15, 0.2) is 48.5 Å². The Morgan fingerprint density at radius 1 is 1.06 bits per heavy atom. The number of carbonyl (C=O) groups is 2. The minimum Gasteiger partial charge on any atom is -0.497 e. The number of hydrogen-bond acceptors (Lipinski definition) is 4. The number of carbonyl (C=O) groups excluding carboxylic acids is 2. The minimum atomic E-state index is -1.05. The van der Waals surface area contributed by atoms with Crippen LogP contribution in [0.1, 0.15) is 57.2 Å². The maximum atomic E-state index is 13.4. The van der Waals surface area contributed by atoms with E-state index in [1.165, 1.54) is 10.5 Å². The molecule has 4 rings (SSSR count). The van der Waals surface area contributed by atoms with Crippen LogP contribution in [0.5, 0.6) is 5.75 Å². The van der Waals surface area contributed by atoms with Crippen LogP contribution in [0, 0.1) is 0 Å². The van der Waals surface area contributed by atoms with Crippen molar-refractivity contribution in [2.45, 2.75) is 64.1 Å². The van der Waals surface area contributed by atoms with E-state index in [0.717, 1.165) is 29.7 Å². The van der Waals surface area contributed by atoms with Gasteiger partial charge in [0.05, 0.1) is 13.8 Å². The fourth-order valence-corrected chi connectivity index (χ4v) is 4.21. The van der Waals surface area contributed by atoms with Crippen LogP contribution in [0.25, 0.3) is 0 Å². The molecule has 0 spiro atoms. The second kappa shape index (κ2) is 8.24. The first-order chi connectivity index (χ1) is 15.1. The zero-order valence-electron chi connectivity index (χ0n) is 19.6. The van der Waals surface area contributed by atoms with Crippen LogP contribution in [0.2, 0.25) is 0 Å². The molecule has 0 bridgehead atoms. The monoisotopic (exact) mass is 435 g/mol. The number of methoxy groups -OCH3 is 1. The van der Waals surface area contributed by atoms with Gasteiger partial charge in [-0.05, 0) is 54.0 Å². The standard InChI is InChI=1S/C26H33N3O3/c1-25(2,3)19-8-10-20(11-9-19)26(4)23(30)29(24(31)27-26)17-28(21-12-13-21)16-18-6-14-22(32-5)15-7-18/h6-11,14-15,21H,12-13,16-17H2,1-5H3,(H,27,31). The second-order valence-corrected chi connectivity index (χ2v) is 10.1. The Balaban J connectivity index is 1.51. The Kier molecular flexibility index (Phi) is 5.76. The maximum absolute atomic E-state index is 13.4. The molecule has 1 unspecified atom stereocenters. The molecule has 32 heavy (non-hydrogen) atoms. The summed E-state index contributed by atoms with van der Waals surface area (Å²) in [5.74, 6) is 0.612. The van der Waals surface area contributed by atoms with Gasteiger partial charge >= 0.3 is 6.03 Å². The highest BCUT2D eigenvalue weighted by molar-refractivity contribution is 6.07. The van der Waals surface area contributed by atoms with Gasteiger partial charge in [0.1, 0.15) is 11.3 Å². The summed E-state index contributed by atoms with van der Waals surface area (Å²) in [5, 5.41) is 2.94. The molecule has 2 aromatic rings. The van der Waals surface area contributed by atoms with E-state index in [2.05, 4.69) is 31.0 Å². The van der Waals surface area contributed by atoms with Crippen LogP contribution in [-0.4, -0.2) is 41.6 Å². The Bertz CT molecular complexity index is 990. The third-order valence-corrected chi connectivity index (χ3v) is 6.53. The van der Waals surface area contributed by atoms with E-state index in [1.807, 2.05) is 48.5 Å². The third kappa shape index (κ3) is 4.37. The van der Waals surface area contributed by atoms with Gasteiger partial charge in [-0.1, -0.05) is 57.2 Å². The van der Waals surface area contributed by atoms with Crippen LogP contribution < -0.4 is 10.1 Å². The van der Waals surface area contributed by atoms with Gasteiger partial charge in [0.25, 0.3) is 5.91 Å². The smallest absolute Gasteiger partial charge is 0.326 e. The number of imide groups is 1. The lowest BCUT2D eigenvalue weighted by Gasteiger charge is -2.28. The predicted octanol–water partition coefficient (Wildman–Crippen LogP) is 4.38. The van der Waals surface area contributed by atoms with Gasteiger partial charge in [-0.25, -0.2) is 9.69 Å². The molecule has 0 aromatic heterocycles. The quantitative estimate of drug-likeness (QED) is 0.656. The zero-order valence-corrected chi connectivity index (χ0v) is 19.6. The van der Waals surface area contributed by atoms with Gasteiger partial charge in [0.15, 0.2) is 0 Å². The fraction of sp³-hybridized carbons (Fsp3) is 0.462. The summed E-state index contributed by atoms with van der Waals surface area (Å²) < 4.78 is 5.24. The van der Waals surface area contributed by atoms with Crippen molar-refractivity contribution in [1.29, 1.82) is 0 Å². The molecular formula is C26H33N3O3. The number of urea groups is 1. The molecule has 1 heterocycles. The highest BCUT2D eigenvalue weighted by Crippen LogP contribution is 2.33. The first-order valence-electron chi connectivity index (χ1n) is 11.2. The highest BCUT2D eigenvalue weighted by atomic mass is 16.5. The van der Waals surface area contributed by atoms with Crippen molar-refractivity contribution in [3.8, 4) is 5.75 Å². The first kappa shape index (κ1) is 22.3. The molecule has 2 fully saturated rings. The molecule has 1 saturated heterocycles. The summed E-state index contributed by atoms with van der Waals surface area (Å²) >= 11 is 0. The number of nitrogens with zero attached hydrogens (tertiary/aromatic N) is 2. The molecule has 1 saturated carbocycles. The lowest BCUT2D eigenvalue weighted by atomic mass is 9.84. The van der Waals surface area contributed by atoms with Crippen LogP contribution in [-0.2, 0) is 22.3 Å². The van der Waals surface area contributed by atoms with Crippen LogP contribution in [0.4, 0.5) is 4.79 Å². The van der Waals surface area contributed by atoms with Crippen molar-refractivity contribution in [2.24, 2.45) is 0 Å². The summed E-state index contributed by atoms with van der Waals surface area (Å²) in [7, 11) is 1.65. The van der Waals surface area contributed by atoms with E-state index in [1.54, 1.807) is 14.0 Å². The Hall–Kier alpha value is -2.86. The average molecular weight is 436 g/mol. The largest absolute Gasteiger partial charge is 0.497 e. The average Bonchev–Trinajstić information content (AvgIpc) is 3.58. The zero-order chi connectivity index (χ0) is 23.1. The van der Waals surface area contributed by atoms with Crippen LogP contribution >= 0.6 is 0 Å². The summed E-state index contributed by atoms with van der Waals surface area (Å²) in [5.41, 5.74) is 2.10. The Labute approximate surface area is 190 Å². The van der Waals surface area contributed by atoms with E-state index < -0.39 is 5.54 Å². The summed E-state index contributed by atoms with van der Waals surface area (Å²) in [6.45, 7) is 9.24. The van der Waals surface area contributed by atoms with E-state index in [9.17, 15) is 9.59 Å². The van der Waals surface area contributed by atoms with Crippen molar-refractivity contribution in [3.05, 3.63) is 65.2 Å². The Morgan fingerprint density at radius 2 is 1.69 bits per heavy atom. The predicted molar refractivity (Wildman–Crippen MR) is 124 cm³/mol. The molecule has 0 radical (unpaired) electrons. The normalized spacial score (nSPS) is 21.2. The lowest BCUT2D eigenvalue weighted by molar-refractivity contribution is -0.132. The van der Waals surface area contributed by atoms with Gasteiger partial charge in [0, 0.05) is 12.6 Å². The van der Waals surface area contributed by atoms with Crippen molar-refractivity contribution in [1.82, 2.24) is 15.1 Å². The van der Waals surface area contributed by atoms with E-state index in [4.69, 9.17) is 4.74 Å². The van der Waals surface area contributed by atoms with Gasteiger partial charge in [0.2, 0.25) is 0 Å². The molecule has 1 atom stereocenters. The molecule has 6 heteroatoms. The minimum absolute atomic E-state index is 0.0284. The lowest BCUT2D eigenvalue weighted by Crippen LogP contribution is -2.44. The molecule has 2 aromatic carbocycles. The second-order valence-electron chi connectivity index (χ2n) is 10.1. The highest BCUT2D eigenvalue weighted by Gasteiger charge is 2.50. The summed E-state index contributed by atoms with van der Waals surface area (Å²) in [4.78, 5) is 29.9. The van der Waals surface area contributed by atoms with E-state index >= 15 is 0 Å². The first-order valence-corrected chi connectivity index (χ1v) is 11.2. The topological polar surface area (TPSA) is 61.9 Å². The fourth-order valence-electron chi connectivity index (χ4n) is 4.21.